The lowest BCUT2D eigenvalue weighted by Gasteiger charge is -2.07. The SMILES string of the molecule is N#CCCNC(=O)CS(=O)(=O)c1ccc(Cl)c(C(=O)O)c1. The van der Waals surface area contributed by atoms with Crippen LogP contribution in [0.2, 0.25) is 5.02 Å². The number of benzene rings is 1. The van der Waals surface area contributed by atoms with Crippen LogP contribution < -0.4 is 5.32 Å². The molecule has 0 unspecified atom stereocenters. The van der Waals surface area contributed by atoms with Crippen molar-refractivity contribution in [2.24, 2.45) is 0 Å². The number of carbonyl (C=O) groups excluding carboxylic acids is 1. The molecule has 0 aliphatic rings. The van der Waals surface area contributed by atoms with Crippen LogP contribution >= 0.6 is 11.6 Å². The van der Waals surface area contributed by atoms with Gasteiger partial charge in [0.15, 0.2) is 9.84 Å². The second kappa shape index (κ2) is 7.06. The van der Waals surface area contributed by atoms with Crippen LogP contribution in [0.25, 0.3) is 0 Å². The molecule has 0 spiro atoms. The van der Waals surface area contributed by atoms with Crippen molar-refractivity contribution < 1.29 is 23.1 Å². The molecule has 0 fully saturated rings. The maximum Gasteiger partial charge on any atom is 0.337 e. The molecule has 0 aromatic heterocycles. The second-order valence-corrected chi connectivity index (χ2v) is 6.36. The molecule has 0 radical (unpaired) electrons. The minimum atomic E-state index is -3.99. The average Bonchev–Trinajstić information content (AvgIpc) is 2.38. The molecule has 112 valence electrons. The van der Waals surface area contributed by atoms with E-state index in [1.165, 1.54) is 0 Å². The van der Waals surface area contributed by atoms with Gasteiger partial charge in [-0.25, -0.2) is 13.2 Å². The van der Waals surface area contributed by atoms with Crippen molar-refractivity contribution in [2.45, 2.75) is 11.3 Å². The van der Waals surface area contributed by atoms with Gasteiger partial charge in [-0.1, -0.05) is 11.6 Å². The Balaban J connectivity index is 2.94. The number of nitrogens with one attached hydrogen (secondary N) is 1. The van der Waals surface area contributed by atoms with Gasteiger partial charge in [-0.05, 0) is 18.2 Å². The quantitative estimate of drug-likeness (QED) is 0.745. The molecule has 1 aromatic rings. The number of rotatable bonds is 6. The van der Waals surface area contributed by atoms with E-state index in [2.05, 4.69) is 5.32 Å². The lowest BCUT2D eigenvalue weighted by atomic mass is 10.2. The molecule has 0 saturated carbocycles. The summed E-state index contributed by atoms with van der Waals surface area (Å²) in [7, 11) is -3.99. The molecule has 0 aliphatic heterocycles. The zero-order chi connectivity index (χ0) is 16.0. The molecule has 0 atom stereocenters. The first-order chi connectivity index (χ1) is 9.77. The van der Waals surface area contributed by atoms with Gasteiger partial charge in [0.25, 0.3) is 0 Å². The van der Waals surface area contributed by atoms with Crippen LogP contribution in [-0.2, 0) is 14.6 Å². The number of hydrogen-bond donors (Lipinski definition) is 2. The van der Waals surface area contributed by atoms with Gasteiger partial charge in [0, 0.05) is 6.54 Å². The van der Waals surface area contributed by atoms with Crippen molar-refractivity contribution in [3.8, 4) is 6.07 Å². The van der Waals surface area contributed by atoms with E-state index in [9.17, 15) is 18.0 Å². The maximum absolute atomic E-state index is 12.0. The molecular weight excluding hydrogens is 320 g/mol. The number of aromatic carboxylic acids is 1. The average molecular weight is 331 g/mol. The number of nitriles is 1. The summed E-state index contributed by atoms with van der Waals surface area (Å²) in [6.07, 6.45) is 0.0654. The zero-order valence-electron chi connectivity index (χ0n) is 10.7. The second-order valence-electron chi connectivity index (χ2n) is 3.96. The Labute approximate surface area is 126 Å². The normalized spacial score (nSPS) is 10.7. The van der Waals surface area contributed by atoms with Crippen LogP contribution in [0.1, 0.15) is 16.8 Å². The van der Waals surface area contributed by atoms with Crippen LogP contribution in [0.5, 0.6) is 0 Å². The van der Waals surface area contributed by atoms with Crippen LogP contribution in [0.15, 0.2) is 23.1 Å². The van der Waals surface area contributed by atoms with Crippen LogP contribution in [0, 0.1) is 11.3 Å². The Bertz CT molecular complexity index is 709. The summed E-state index contributed by atoms with van der Waals surface area (Å²) < 4.78 is 24.0. The number of carbonyl (C=O) groups is 2. The lowest BCUT2D eigenvalue weighted by Crippen LogP contribution is -2.31. The summed E-state index contributed by atoms with van der Waals surface area (Å²) in [6.45, 7) is 0.0475. The molecule has 2 N–H and O–H groups in total. The van der Waals surface area contributed by atoms with Gasteiger partial charge < -0.3 is 10.4 Å². The Morgan fingerprint density at radius 1 is 1.38 bits per heavy atom. The molecule has 0 aliphatic carbocycles. The topological polar surface area (TPSA) is 124 Å². The fourth-order valence-electron chi connectivity index (χ4n) is 1.43. The molecule has 0 bridgehead atoms. The van der Waals surface area contributed by atoms with Gasteiger partial charge >= 0.3 is 5.97 Å². The van der Waals surface area contributed by atoms with E-state index >= 15 is 0 Å². The van der Waals surface area contributed by atoms with E-state index in [0.29, 0.717) is 0 Å². The summed E-state index contributed by atoms with van der Waals surface area (Å²) in [6, 6.07) is 4.98. The number of amides is 1. The molecule has 0 heterocycles. The third-order valence-corrected chi connectivity index (χ3v) is 4.35. The molecule has 7 nitrogen and oxygen atoms in total. The van der Waals surface area contributed by atoms with Gasteiger partial charge in [-0.3, -0.25) is 4.79 Å². The van der Waals surface area contributed by atoms with Crippen molar-refractivity contribution in [1.82, 2.24) is 5.32 Å². The lowest BCUT2D eigenvalue weighted by molar-refractivity contribution is -0.118. The summed E-state index contributed by atoms with van der Waals surface area (Å²) in [5, 5.41) is 19.4. The van der Waals surface area contributed by atoms with Gasteiger partial charge in [0.05, 0.1) is 28.0 Å². The standard InChI is InChI=1S/C12H11ClN2O5S/c13-10-3-2-8(6-9(10)12(17)18)21(19,20)7-11(16)15-5-1-4-14/h2-3,6H,1,5,7H2,(H,15,16)(H,17,18). The highest BCUT2D eigenvalue weighted by atomic mass is 35.5. The Kier molecular flexibility index (Phi) is 5.69. The van der Waals surface area contributed by atoms with Crippen molar-refractivity contribution in [3.63, 3.8) is 0 Å². The number of nitrogens with zero attached hydrogens (tertiary/aromatic N) is 1. The van der Waals surface area contributed by atoms with Crippen molar-refractivity contribution in [3.05, 3.63) is 28.8 Å². The first kappa shape index (κ1) is 16.9. The van der Waals surface area contributed by atoms with E-state index in [-0.39, 0.29) is 28.4 Å². The molecule has 9 heteroatoms. The number of hydrogen-bond acceptors (Lipinski definition) is 5. The van der Waals surface area contributed by atoms with Gasteiger partial charge in [-0.2, -0.15) is 5.26 Å². The summed E-state index contributed by atoms with van der Waals surface area (Å²) in [5.74, 6) is -2.97. The smallest absolute Gasteiger partial charge is 0.337 e. The highest BCUT2D eigenvalue weighted by Crippen LogP contribution is 2.21. The Morgan fingerprint density at radius 2 is 2.05 bits per heavy atom. The van der Waals surface area contributed by atoms with Crippen LogP contribution in [0.4, 0.5) is 0 Å². The van der Waals surface area contributed by atoms with Gasteiger partial charge in [0.2, 0.25) is 5.91 Å². The summed E-state index contributed by atoms with van der Waals surface area (Å²) in [4.78, 5) is 22.1. The monoisotopic (exact) mass is 330 g/mol. The third kappa shape index (κ3) is 4.73. The highest BCUT2D eigenvalue weighted by Gasteiger charge is 2.21. The van der Waals surface area contributed by atoms with Gasteiger partial charge in [0.1, 0.15) is 5.75 Å². The van der Waals surface area contributed by atoms with Crippen LogP contribution in [-0.4, -0.2) is 37.7 Å². The van der Waals surface area contributed by atoms with Crippen molar-refractivity contribution in [2.75, 3.05) is 12.3 Å². The highest BCUT2D eigenvalue weighted by molar-refractivity contribution is 7.92. The third-order valence-electron chi connectivity index (χ3n) is 2.41. The molecule has 1 rings (SSSR count). The number of halogens is 1. The number of carboxylic acid groups (broad SMARTS) is 1. The van der Waals surface area contributed by atoms with E-state index < -0.39 is 27.5 Å². The Hall–Kier alpha value is -2.11. The maximum atomic E-state index is 12.0. The first-order valence-electron chi connectivity index (χ1n) is 5.67. The molecule has 1 aromatic carbocycles. The van der Waals surface area contributed by atoms with E-state index in [0.717, 1.165) is 18.2 Å². The van der Waals surface area contributed by atoms with Gasteiger partial charge in [-0.15, -0.1) is 0 Å². The zero-order valence-corrected chi connectivity index (χ0v) is 12.2. The van der Waals surface area contributed by atoms with E-state index in [1.54, 1.807) is 6.07 Å². The van der Waals surface area contributed by atoms with E-state index in [1.807, 2.05) is 0 Å². The predicted octanol–water partition coefficient (Wildman–Crippen LogP) is 0.842. The minimum Gasteiger partial charge on any atom is -0.478 e. The molecule has 0 saturated heterocycles. The van der Waals surface area contributed by atoms with Crippen molar-refractivity contribution >= 4 is 33.3 Å². The number of carboxylic acids is 1. The fourth-order valence-corrected chi connectivity index (χ4v) is 2.81. The van der Waals surface area contributed by atoms with E-state index in [4.69, 9.17) is 22.0 Å². The first-order valence-corrected chi connectivity index (χ1v) is 7.70. The summed E-state index contributed by atoms with van der Waals surface area (Å²) in [5.41, 5.74) is -0.359. The van der Waals surface area contributed by atoms with Crippen molar-refractivity contribution in [1.29, 1.82) is 5.26 Å². The predicted molar refractivity (Wildman–Crippen MR) is 73.7 cm³/mol. The molecular formula is C12H11ClN2O5S. The fraction of sp³-hybridized carbons (Fsp3) is 0.250. The largest absolute Gasteiger partial charge is 0.478 e. The molecule has 1 amide bonds. The molecule has 21 heavy (non-hydrogen) atoms. The Morgan fingerprint density at radius 3 is 2.62 bits per heavy atom. The minimum absolute atomic E-state index is 0.0475. The number of sulfone groups is 1. The summed E-state index contributed by atoms with van der Waals surface area (Å²) >= 11 is 5.65. The van der Waals surface area contributed by atoms with Crippen LogP contribution in [0.3, 0.4) is 0 Å².